The van der Waals surface area contributed by atoms with Gasteiger partial charge in [-0.3, -0.25) is 4.79 Å². The lowest BCUT2D eigenvalue weighted by Gasteiger charge is -2.26. The van der Waals surface area contributed by atoms with Crippen LogP contribution in [0.25, 0.3) is 0 Å². The first kappa shape index (κ1) is 16.0. The minimum atomic E-state index is -1.22. The average Bonchev–Trinajstić information content (AvgIpc) is 2.50. The van der Waals surface area contributed by atoms with Crippen LogP contribution in [0.15, 0.2) is 54.6 Å². The highest BCUT2D eigenvalue weighted by Gasteiger charge is 2.28. The molecular formula is C18H21NO3. The predicted molar refractivity (Wildman–Crippen MR) is 85.2 cm³/mol. The largest absolute Gasteiger partial charge is 0.508 e. The molecule has 2 N–H and O–H groups in total. The molecule has 0 heterocycles. The van der Waals surface area contributed by atoms with Gasteiger partial charge < -0.3 is 15.1 Å². The Morgan fingerprint density at radius 1 is 1.09 bits per heavy atom. The summed E-state index contributed by atoms with van der Waals surface area (Å²) in [5.74, 6) is -0.0194. The van der Waals surface area contributed by atoms with Gasteiger partial charge in [0.1, 0.15) is 5.75 Å². The average molecular weight is 299 g/mol. The standard InChI is InChI=1S/C18H21NO3/c1-18(22,15-9-4-3-5-10-15)12-17(21)19(2)13-14-8-6-7-11-16(14)20/h3-11,20,22H,12-13H2,1-2H3. The van der Waals surface area contributed by atoms with Gasteiger partial charge in [-0.25, -0.2) is 0 Å². The van der Waals surface area contributed by atoms with Gasteiger partial charge in [0, 0.05) is 19.2 Å². The van der Waals surface area contributed by atoms with Crippen LogP contribution in [0.1, 0.15) is 24.5 Å². The van der Waals surface area contributed by atoms with Gasteiger partial charge in [0.05, 0.1) is 12.0 Å². The summed E-state index contributed by atoms with van der Waals surface area (Å²) in [6, 6.07) is 16.1. The summed E-state index contributed by atoms with van der Waals surface area (Å²) >= 11 is 0. The van der Waals surface area contributed by atoms with E-state index in [9.17, 15) is 15.0 Å². The maximum atomic E-state index is 12.3. The predicted octanol–water partition coefficient (Wildman–Crippen LogP) is 2.65. The smallest absolute Gasteiger partial charge is 0.225 e. The van der Waals surface area contributed by atoms with Crippen molar-refractivity contribution in [1.29, 1.82) is 0 Å². The van der Waals surface area contributed by atoms with Gasteiger partial charge in [-0.2, -0.15) is 0 Å². The Kier molecular flexibility index (Phi) is 4.83. The Morgan fingerprint density at radius 3 is 2.32 bits per heavy atom. The Hall–Kier alpha value is -2.33. The van der Waals surface area contributed by atoms with Crippen molar-refractivity contribution in [3.8, 4) is 5.75 Å². The Labute approximate surface area is 130 Å². The van der Waals surface area contributed by atoms with Crippen LogP contribution in [-0.4, -0.2) is 28.1 Å². The van der Waals surface area contributed by atoms with Crippen molar-refractivity contribution in [2.24, 2.45) is 0 Å². The number of nitrogens with zero attached hydrogens (tertiary/aromatic N) is 1. The Bertz CT molecular complexity index is 638. The second kappa shape index (κ2) is 6.62. The fourth-order valence-electron chi connectivity index (χ4n) is 2.32. The summed E-state index contributed by atoms with van der Waals surface area (Å²) in [6.45, 7) is 1.93. The molecule has 2 aromatic carbocycles. The molecule has 0 saturated carbocycles. The van der Waals surface area contributed by atoms with Crippen LogP contribution in [0.5, 0.6) is 5.75 Å². The summed E-state index contributed by atoms with van der Waals surface area (Å²) < 4.78 is 0. The van der Waals surface area contributed by atoms with Gasteiger partial charge in [0.2, 0.25) is 5.91 Å². The molecule has 0 aromatic heterocycles. The number of para-hydroxylation sites is 1. The van der Waals surface area contributed by atoms with Crippen molar-refractivity contribution in [2.45, 2.75) is 25.5 Å². The molecule has 0 saturated heterocycles. The number of hydrogen-bond donors (Lipinski definition) is 2. The van der Waals surface area contributed by atoms with Crippen LogP contribution < -0.4 is 0 Å². The number of rotatable bonds is 5. The number of phenols is 1. The van der Waals surface area contributed by atoms with Crippen molar-refractivity contribution in [3.05, 3.63) is 65.7 Å². The van der Waals surface area contributed by atoms with E-state index < -0.39 is 5.60 Å². The second-order valence-corrected chi connectivity index (χ2v) is 5.70. The van der Waals surface area contributed by atoms with E-state index in [1.165, 1.54) is 4.90 Å². The van der Waals surface area contributed by atoms with E-state index in [0.29, 0.717) is 17.7 Å². The van der Waals surface area contributed by atoms with Gasteiger partial charge >= 0.3 is 0 Å². The van der Waals surface area contributed by atoms with Crippen LogP contribution in [0.2, 0.25) is 0 Å². The molecule has 116 valence electrons. The third kappa shape index (κ3) is 3.86. The summed E-state index contributed by atoms with van der Waals surface area (Å²) in [4.78, 5) is 13.8. The number of amides is 1. The highest BCUT2D eigenvalue weighted by atomic mass is 16.3. The molecule has 2 aromatic rings. The van der Waals surface area contributed by atoms with Crippen LogP contribution in [0.3, 0.4) is 0 Å². The van der Waals surface area contributed by atoms with E-state index in [1.54, 1.807) is 44.3 Å². The first-order chi connectivity index (χ1) is 10.4. The van der Waals surface area contributed by atoms with Crippen molar-refractivity contribution >= 4 is 5.91 Å². The van der Waals surface area contributed by atoms with Gasteiger partial charge in [-0.1, -0.05) is 48.5 Å². The zero-order chi connectivity index (χ0) is 16.2. The molecular weight excluding hydrogens is 278 g/mol. The van der Waals surface area contributed by atoms with E-state index in [4.69, 9.17) is 0 Å². The lowest BCUT2D eigenvalue weighted by molar-refractivity contribution is -0.135. The molecule has 0 aliphatic rings. The van der Waals surface area contributed by atoms with E-state index in [1.807, 2.05) is 24.3 Å². The first-order valence-electron chi connectivity index (χ1n) is 7.19. The lowest BCUT2D eigenvalue weighted by Crippen LogP contribution is -2.34. The topological polar surface area (TPSA) is 60.8 Å². The molecule has 0 fully saturated rings. The van der Waals surface area contributed by atoms with E-state index in [2.05, 4.69) is 0 Å². The summed E-state index contributed by atoms with van der Waals surface area (Å²) in [6.07, 6.45) is -0.0128. The van der Waals surface area contributed by atoms with E-state index in [0.717, 1.165) is 0 Å². The number of carbonyl (C=O) groups is 1. The number of hydrogen-bond acceptors (Lipinski definition) is 3. The Morgan fingerprint density at radius 2 is 1.68 bits per heavy atom. The molecule has 4 nitrogen and oxygen atoms in total. The molecule has 22 heavy (non-hydrogen) atoms. The van der Waals surface area contributed by atoms with Crippen LogP contribution in [0, 0.1) is 0 Å². The summed E-state index contributed by atoms with van der Waals surface area (Å²) in [7, 11) is 1.66. The number of aromatic hydroxyl groups is 1. The zero-order valence-corrected chi connectivity index (χ0v) is 12.9. The minimum Gasteiger partial charge on any atom is -0.508 e. The fraction of sp³-hybridized carbons (Fsp3) is 0.278. The molecule has 2 rings (SSSR count). The van der Waals surface area contributed by atoms with Crippen molar-refractivity contribution < 1.29 is 15.0 Å². The second-order valence-electron chi connectivity index (χ2n) is 5.70. The lowest BCUT2D eigenvalue weighted by atomic mass is 9.92. The molecule has 0 aliphatic carbocycles. The highest BCUT2D eigenvalue weighted by Crippen LogP contribution is 2.25. The van der Waals surface area contributed by atoms with Crippen molar-refractivity contribution in [2.75, 3.05) is 7.05 Å². The molecule has 4 heteroatoms. The van der Waals surface area contributed by atoms with Gasteiger partial charge in [0.15, 0.2) is 0 Å². The van der Waals surface area contributed by atoms with Crippen molar-refractivity contribution in [3.63, 3.8) is 0 Å². The quantitative estimate of drug-likeness (QED) is 0.892. The number of benzene rings is 2. The number of phenolic OH excluding ortho intramolecular Hbond substituents is 1. The molecule has 1 atom stereocenters. The summed E-state index contributed by atoms with van der Waals surface area (Å²) in [5, 5.41) is 20.3. The van der Waals surface area contributed by atoms with Gasteiger partial charge in [-0.05, 0) is 18.6 Å². The normalized spacial score (nSPS) is 13.4. The minimum absolute atomic E-state index is 0.0128. The molecule has 0 bridgehead atoms. The maximum Gasteiger partial charge on any atom is 0.225 e. The molecule has 0 aliphatic heterocycles. The van der Waals surface area contributed by atoms with Crippen LogP contribution in [-0.2, 0) is 16.9 Å². The molecule has 0 spiro atoms. The maximum absolute atomic E-state index is 12.3. The third-order valence-electron chi connectivity index (χ3n) is 3.72. The van der Waals surface area contributed by atoms with E-state index >= 15 is 0 Å². The number of carbonyl (C=O) groups excluding carboxylic acids is 1. The van der Waals surface area contributed by atoms with Gasteiger partial charge in [0.25, 0.3) is 0 Å². The monoisotopic (exact) mass is 299 g/mol. The molecule has 1 amide bonds. The first-order valence-corrected chi connectivity index (χ1v) is 7.19. The fourth-order valence-corrected chi connectivity index (χ4v) is 2.32. The van der Waals surface area contributed by atoms with Crippen molar-refractivity contribution in [1.82, 2.24) is 4.90 Å². The van der Waals surface area contributed by atoms with E-state index in [-0.39, 0.29) is 18.1 Å². The van der Waals surface area contributed by atoms with Crippen LogP contribution in [0.4, 0.5) is 0 Å². The number of aliphatic hydroxyl groups is 1. The highest BCUT2D eigenvalue weighted by molar-refractivity contribution is 5.77. The molecule has 1 unspecified atom stereocenters. The Balaban J connectivity index is 2.04. The van der Waals surface area contributed by atoms with Crippen LogP contribution >= 0.6 is 0 Å². The molecule has 0 radical (unpaired) electrons. The SMILES string of the molecule is CN(Cc1ccccc1O)C(=O)CC(C)(O)c1ccccc1. The zero-order valence-electron chi connectivity index (χ0n) is 12.9. The summed E-state index contributed by atoms with van der Waals surface area (Å²) in [5.41, 5.74) is 0.169. The van der Waals surface area contributed by atoms with Gasteiger partial charge in [-0.15, -0.1) is 0 Å². The third-order valence-corrected chi connectivity index (χ3v) is 3.72.